The third-order valence-corrected chi connectivity index (χ3v) is 3.16. The molecule has 1 rings (SSSR count). The van der Waals surface area contributed by atoms with Crippen LogP contribution in [0.3, 0.4) is 0 Å². The second kappa shape index (κ2) is 8.08. The first-order valence-electron chi connectivity index (χ1n) is 7.46. The smallest absolute Gasteiger partial charge is 0.408 e. The fraction of sp³-hybridized carbons (Fsp3) is 0.857. The lowest BCUT2D eigenvalue weighted by Crippen LogP contribution is -2.58. The molecule has 0 aliphatic carbocycles. The summed E-state index contributed by atoms with van der Waals surface area (Å²) in [5.74, 6) is -0.827. The molecular weight excluding hydrogens is 326 g/mol. The van der Waals surface area contributed by atoms with E-state index in [4.69, 9.17) is 14.2 Å². The first-order chi connectivity index (χ1) is 10.9. The molecule has 0 aromatic heterocycles. The van der Waals surface area contributed by atoms with E-state index in [-0.39, 0.29) is 0 Å². The molecule has 1 amide bonds. The fourth-order valence-corrected chi connectivity index (χ4v) is 1.90. The zero-order valence-corrected chi connectivity index (χ0v) is 14.0. The van der Waals surface area contributed by atoms with Crippen molar-refractivity contribution in [3.05, 3.63) is 0 Å². The molecule has 0 aromatic rings. The number of carbonyl (C=O) groups is 2. The molecule has 10 heteroatoms. The first kappa shape index (κ1) is 20.6. The Bertz CT molecular complexity index is 450. The number of nitrogens with one attached hydrogen (secondary N) is 1. The van der Waals surface area contributed by atoms with Crippen LogP contribution in [0.4, 0.5) is 4.79 Å². The van der Waals surface area contributed by atoms with E-state index in [1.807, 2.05) is 0 Å². The lowest BCUT2D eigenvalue weighted by Gasteiger charge is -2.38. The van der Waals surface area contributed by atoms with E-state index in [9.17, 15) is 30.0 Å². The maximum Gasteiger partial charge on any atom is 0.408 e. The predicted octanol–water partition coefficient (Wildman–Crippen LogP) is -1.76. The van der Waals surface area contributed by atoms with Gasteiger partial charge >= 0.3 is 12.1 Å². The van der Waals surface area contributed by atoms with E-state index < -0.39 is 61.0 Å². The highest BCUT2D eigenvalue weighted by Gasteiger charge is 2.43. The van der Waals surface area contributed by atoms with Crippen LogP contribution >= 0.6 is 0 Å². The molecule has 6 atom stereocenters. The molecule has 1 aliphatic rings. The summed E-state index contributed by atoms with van der Waals surface area (Å²) in [6.07, 6.45) is -8.60. The van der Waals surface area contributed by atoms with Crippen molar-refractivity contribution in [2.75, 3.05) is 6.61 Å². The number of alkyl carbamates (subject to hydrolysis) is 1. The number of esters is 1. The summed E-state index contributed by atoms with van der Waals surface area (Å²) in [6, 6.07) is -1.03. The van der Waals surface area contributed by atoms with Crippen LogP contribution in [-0.4, -0.2) is 81.4 Å². The number of amides is 1. The summed E-state index contributed by atoms with van der Waals surface area (Å²) >= 11 is 0. The first-order valence-corrected chi connectivity index (χ1v) is 7.46. The van der Waals surface area contributed by atoms with Gasteiger partial charge in [-0.1, -0.05) is 0 Å². The Labute approximate surface area is 139 Å². The lowest BCUT2D eigenvalue weighted by molar-refractivity contribution is -0.287. The zero-order valence-electron chi connectivity index (χ0n) is 14.0. The van der Waals surface area contributed by atoms with Gasteiger partial charge in [0.2, 0.25) is 0 Å². The van der Waals surface area contributed by atoms with E-state index in [0.29, 0.717) is 0 Å². The number of aliphatic hydroxyl groups excluding tert-OH is 4. The highest BCUT2D eigenvalue weighted by molar-refractivity contribution is 5.81. The average molecular weight is 351 g/mol. The molecule has 1 fully saturated rings. The largest absolute Gasteiger partial charge is 0.461 e. The highest BCUT2D eigenvalue weighted by Crippen LogP contribution is 2.20. The van der Waals surface area contributed by atoms with Gasteiger partial charge in [-0.2, -0.15) is 0 Å². The Kier molecular flexibility index (Phi) is 6.93. The lowest BCUT2D eigenvalue weighted by atomic mass is 9.99. The average Bonchev–Trinajstić information content (AvgIpc) is 2.44. The topological polar surface area (TPSA) is 155 Å². The van der Waals surface area contributed by atoms with E-state index >= 15 is 0 Å². The summed E-state index contributed by atoms with van der Waals surface area (Å²) in [5, 5.41) is 40.3. The third-order valence-electron chi connectivity index (χ3n) is 3.16. The molecule has 10 nitrogen and oxygen atoms in total. The molecule has 0 aromatic carbocycles. The SMILES string of the molecule is C[C@@H](NC(=O)OC(C)(C)C)C(=O)OC[C@H]1O[C@H](O)[C@@H](O)[C@@H](O)[C@H]1O. The molecule has 0 bridgehead atoms. The minimum atomic E-state index is -1.72. The molecule has 1 heterocycles. The molecule has 0 saturated carbocycles. The number of rotatable bonds is 4. The van der Waals surface area contributed by atoms with Gasteiger partial charge in [-0.15, -0.1) is 0 Å². The molecule has 0 spiro atoms. The summed E-state index contributed by atoms with van der Waals surface area (Å²) in [5.41, 5.74) is -0.721. The minimum Gasteiger partial charge on any atom is -0.461 e. The van der Waals surface area contributed by atoms with Gasteiger partial charge in [-0.3, -0.25) is 0 Å². The molecule has 24 heavy (non-hydrogen) atoms. The molecular formula is C14H25NO9. The van der Waals surface area contributed by atoms with Crippen LogP contribution in [0.1, 0.15) is 27.7 Å². The Balaban J connectivity index is 2.46. The Hall–Kier alpha value is -1.46. The second-order valence-electron chi connectivity index (χ2n) is 6.53. The van der Waals surface area contributed by atoms with E-state index in [1.165, 1.54) is 6.92 Å². The van der Waals surface area contributed by atoms with Crippen molar-refractivity contribution in [2.45, 2.75) is 70.0 Å². The summed E-state index contributed by atoms with van der Waals surface area (Å²) in [6.45, 7) is 5.90. The fourth-order valence-electron chi connectivity index (χ4n) is 1.90. The molecule has 0 radical (unpaired) electrons. The van der Waals surface area contributed by atoms with Crippen molar-refractivity contribution < 1.29 is 44.2 Å². The van der Waals surface area contributed by atoms with Gasteiger partial charge in [0.15, 0.2) is 6.29 Å². The van der Waals surface area contributed by atoms with Gasteiger partial charge in [0.05, 0.1) is 0 Å². The van der Waals surface area contributed by atoms with Gasteiger partial charge < -0.3 is 40.0 Å². The monoisotopic (exact) mass is 351 g/mol. The van der Waals surface area contributed by atoms with Crippen molar-refractivity contribution in [3.8, 4) is 0 Å². The third kappa shape index (κ3) is 5.87. The van der Waals surface area contributed by atoms with Gasteiger partial charge in [-0.05, 0) is 27.7 Å². The van der Waals surface area contributed by atoms with Crippen molar-refractivity contribution in [3.63, 3.8) is 0 Å². The number of ether oxygens (including phenoxy) is 3. The molecule has 1 aliphatic heterocycles. The van der Waals surface area contributed by atoms with Crippen molar-refractivity contribution in [1.29, 1.82) is 0 Å². The van der Waals surface area contributed by atoms with Crippen LogP contribution in [0, 0.1) is 0 Å². The summed E-state index contributed by atoms with van der Waals surface area (Å²) < 4.78 is 14.7. The molecule has 0 unspecified atom stereocenters. The van der Waals surface area contributed by atoms with Gasteiger partial charge in [-0.25, -0.2) is 9.59 Å². The van der Waals surface area contributed by atoms with Crippen LogP contribution in [0.2, 0.25) is 0 Å². The van der Waals surface area contributed by atoms with Gasteiger partial charge in [0.1, 0.15) is 42.7 Å². The summed E-state index contributed by atoms with van der Waals surface area (Å²) in [4.78, 5) is 23.4. The Morgan fingerprint density at radius 2 is 1.71 bits per heavy atom. The molecule has 140 valence electrons. The van der Waals surface area contributed by atoms with E-state index in [1.54, 1.807) is 20.8 Å². The maximum atomic E-state index is 11.8. The normalized spacial score (nSPS) is 31.9. The molecule has 1 saturated heterocycles. The second-order valence-corrected chi connectivity index (χ2v) is 6.53. The Morgan fingerprint density at radius 1 is 1.12 bits per heavy atom. The van der Waals surface area contributed by atoms with Crippen molar-refractivity contribution in [2.24, 2.45) is 0 Å². The van der Waals surface area contributed by atoms with Gasteiger partial charge in [0.25, 0.3) is 0 Å². The minimum absolute atomic E-state index is 0.485. The molecule has 5 N–H and O–H groups in total. The maximum absolute atomic E-state index is 11.8. The quantitative estimate of drug-likeness (QED) is 0.370. The number of aliphatic hydroxyl groups is 4. The number of carbonyl (C=O) groups excluding carboxylic acids is 2. The van der Waals surface area contributed by atoms with Crippen LogP contribution in [0.25, 0.3) is 0 Å². The highest BCUT2D eigenvalue weighted by atomic mass is 16.7. The zero-order chi connectivity index (χ0) is 18.7. The summed E-state index contributed by atoms with van der Waals surface area (Å²) in [7, 11) is 0. The van der Waals surface area contributed by atoms with Crippen LogP contribution in [0.15, 0.2) is 0 Å². The van der Waals surface area contributed by atoms with E-state index in [0.717, 1.165) is 0 Å². The van der Waals surface area contributed by atoms with Crippen LogP contribution < -0.4 is 5.32 Å². The Morgan fingerprint density at radius 3 is 2.25 bits per heavy atom. The van der Waals surface area contributed by atoms with Crippen LogP contribution in [0.5, 0.6) is 0 Å². The standard InChI is InChI=1S/C14H25NO9/c1-6(15-13(21)24-14(2,3)4)11(19)22-5-7-8(16)9(17)10(18)12(20)23-7/h6-10,12,16-18,20H,5H2,1-4H3,(H,15,21)/t6-,7-,8+,9+,10+,12+/m1/s1. The van der Waals surface area contributed by atoms with Crippen molar-refractivity contribution >= 4 is 12.1 Å². The predicted molar refractivity (Wildman–Crippen MR) is 78.7 cm³/mol. The van der Waals surface area contributed by atoms with Crippen LogP contribution in [-0.2, 0) is 19.0 Å². The van der Waals surface area contributed by atoms with E-state index in [2.05, 4.69) is 5.32 Å². The van der Waals surface area contributed by atoms with Gasteiger partial charge in [0, 0.05) is 0 Å². The number of hydrogen-bond donors (Lipinski definition) is 5. The van der Waals surface area contributed by atoms with Crippen molar-refractivity contribution in [1.82, 2.24) is 5.32 Å². The number of hydrogen-bond acceptors (Lipinski definition) is 9.